The third kappa shape index (κ3) is 10.6. The van der Waals surface area contributed by atoms with Crippen molar-refractivity contribution in [3.05, 3.63) is 29.7 Å². The van der Waals surface area contributed by atoms with E-state index in [-0.39, 0.29) is 5.75 Å². The van der Waals surface area contributed by atoms with Gasteiger partial charge in [-0.1, -0.05) is 6.58 Å². The van der Waals surface area contributed by atoms with Crippen LogP contribution in [0.5, 0.6) is 0 Å². The van der Waals surface area contributed by atoms with Gasteiger partial charge in [0.15, 0.2) is 9.84 Å². The van der Waals surface area contributed by atoms with Crippen LogP contribution in [-0.2, 0) is 14.6 Å². The third-order valence-electron chi connectivity index (χ3n) is 2.75. The molecule has 0 aliphatic rings. The molecule has 2 N–H and O–H groups in total. The van der Waals surface area contributed by atoms with E-state index >= 15 is 0 Å². The molecule has 0 radical (unpaired) electrons. The van der Waals surface area contributed by atoms with Gasteiger partial charge in [-0.3, -0.25) is 0 Å². The lowest BCUT2D eigenvalue weighted by molar-refractivity contribution is 0.198. The van der Waals surface area contributed by atoms with E-state index in [2.05, 4.69) is 22.2 Å². The monoisotopic (exact) mass is 354 g/mol. The summed E-state index contributed by atoms with van der Waals surface area (Å²) in [4.78, 5) is 4.39. The van der Waals surface area contributed by atoms with Crippen LogP contribution in [0, 0.1) is 18.3 Å². The van der Waals surface area contributed by atoms with Crippen LogP contribution in [0.25, 0.3) is 0 Å². The van der Waals surface area contributed by atoms with Crippen molar-refractivity contribution in [1.29, 1.82) is 5.26 Å². The molecule has 7 nitrogen and oxygen atoms in total. The Labute approximate surface area is 144 Å². The van der Waals surface area contributed by atoms with Gasteiger partial charge in [0.25, 0.3) is 0 Å². The predicted octanol–water partition coefficient (Wildman–Crippen LogP) is 2.34. The summed E-state index contributed by atoms with van der Waals surface area (Å²) in [6, 6.07) is 5.57. The maximum absolute atomic E-state index is 11.3. The van der Waals surface area contributed by atoms with E-state index in [9.17, 15) is 8.42 Å². The molecule has 24 heavy (non-hydrogen) atoms. The largest absolute Gasteiger partial charge is 0.385 e. The summed E-state index contributed by atoms with van der Waals surface area (Å²) in [6.45, 7) is 8.45. The molecule has 134 valence electrons. The number of aromatic nitrogens is 1. The summed E-state index contributed by atoms with van der Waals surface area (Å²) in [7, 11) is -1.52. The van der Waals surface area contributed by atoms with Gasteiger partial charge in [-0.05, 0) is 31.0 Å². The average Bonchev–Trinajstić information content (AvgIpc) is 2.52. The van der Waals surface area contributed by atoms with Crippen LogP contribution in [0.3, 0.4) is 0 Å². The molecule has 0 aromatic carbocycles. The van der Waals surface area contributed by atoms with E-state index in [1.54, 1.807) is 13.2 Å². The highest BCUT2D eigenvalue weighted by atomic mass is 32.2. The van der Waals surface area contributed by atoms with Crippen LogP contribution in [0.1, 0.15) is 18.9 Å². The Morgan fingerprint density at radius 3 is 2.38 bits per heavy atom. The number of pyridine rings is 1. The molecule has 0 bridgehead atoms. The Hall–Kier alpha value is -2.11. The highest BCUT2D eigenvalue weighted by molar-refractivity contribution is 7.94. The number of methoxy groups -OCH3 is 1. The van der Waals surface area contributed by atoms with E-state index in [1.807, 2.05) is 19.1 Å². The molecule has 1 heterocycles. The van der Waals surface area contributed by atoms with Gasteiger partial charge in [-0.15, -0.1) is 0 Å². The molecule has 0 fully saturated rings. The number of ether oxygens (including phenoxy) is 1. The van der Waals surface area contributed by atoms with E-state index in [0.29, 0.717) is 19.0 Å². The first kappa shape index (κ1) is 21.9. The molecule has 0 atom stereocenters. The molecule has 0 saturated heterocycles. The number of nitrogens with zero attached hydrogens (tertiary/aromatic N) is 2. The van der Waals surface area contributed by atoms with Gasteiger partial charge >= 0.3 is 0 Å². The third-order valence-corrected chi connectivity index (χ3v) is 4.03. The number of hydrogen-bond acceptors (Lipinski definition) is 7. The van der Waals surface area contributed by atoms with Crippen molar-refractivity contribution in [2.45, 2.75) is 20.3 Å². The molecule has 0 aliphatic carbocycles. The van der Waals surface area contributed by atoms with Gasteiger partial charge in [-0.25, -0.2) is 13.4 Å². The fraction of sp³-hybridized carbons (Fsp3) is 0.500. The number of hydrogen-bond donors (Lipinski definition) is 2. The van der Waals surface area contributed by atoms with Crippen LogP contribution < -0.4 is 10.6 Å². The Bertz CT molecular complexity index is 639. The van der Waals surface area contributed by atoms with Crippen LogP contribution in [0.4, 0.5) is 11.6 Å². The Morgan fingerprint density at radius 2 is 1.88 bits per heavy atom. The van der Waals surface area contributed by atoms with Gasteiger partial charge in [0.1, 0.15) is 11.6 Å². The molecular weight excluding hydrogens is 328 g/mol. The minimum absolute atomic E-state index is 0.00270. The highest BCUT2D eigenvalue weighted by Gasteiger charge is 2.05. The van der Waals surface area contributed by atoms with Crippen molar-refractivity contribution in [2.75, 3.05) is 43.2 Å². The summed E-state index contributed by atoms with van der Waals surface area (Å²) in [5, 5.41) is 14.5. The normalized spacial score (nSPS) is 10.1. The second-order valence-corrected chi connectivity index (χ2v) is 6.94. The first-order chi connectivity index (χ1) is 11.4. The maximum atomic E-state index is 11.3. The smallest absolute Gasteiger partial charge is 0.172 e. The number of nitrogens with one attached hydrogen (secondary N) is 2. The molecule has 1 rings (SSSR count). The quantitative estimate of drug-likeness (QED) is 0.621. The fourth-order valence-corrected chi connectivity index (χ4v) is 2.24. The highest BCUT2D eigenvalue weighted by Crippen LogP contribution is 2.13. The molecule has 1 aromatic heterocycles. The zero-order valence-electron chi connectivity index (χ0n) is 14.5. The van der Waals surface area contributed by atoms with Crippen LogP contribution in [0.15, 0.2) is 24.1 Å². The summed E-state index contributed by atoms with van der Waals surface area (Å²) >= 11 is 0. The molecule has 0 aliphatic heterocycles. The van der Waals surface area contributed by atoms with Gasteiger partial charge in [0.05, 0.1) is 11.8 Å². The minimum atomic E-state index is -3.19. The van der Waals surface area contributed by atoms with Crippen LogP contribution >= 0.6 is 0 Å². The second kappa shape index (κ2) is 12.3. The summed E-state index contributed by atoms with van der Waals surface area (Å²) in [6.07, 6.45) is 0.895. The molecule has 1 aromatic rings. The van der Waals surface area contributed by atoms with Crippen molar-refractivity contribution < 1.29 is 13.2 Å². The molecule has 0 spiro atoms. The first-order valence-corrected chi connectivity index (χ1v) is 9.21. The standard InChI is InChI=1S/C14H23N3O3S.C2H3N/c1-4-21(18,19)9-7-16-14-11-12(2)10-13(17-14)15-6-5-8-20-3;1-2-3/h4,10-11H,1,5-9H2,2-3H3,(H2,15,16,17);1H3. The average molecular weight is 354 g/mol. The Kier molecular flexibility index (Phi) is 11.2. The van der Waals surface area contributed by atoms with Gasteiger partial charge in [0, 0.05) is 39.1 Å². The number of sulfone groups is 1. The van der Waals surface area contributed by atoms with E-state index < -0.39 is 9.84 Å². The lowest BCUT2D eigenvalue weighted by atomic mass is 10.3. The maximum Gasteiger partial charge on any atom is 0.172 e. The van der Waals surface area contributed by atoms with Crippen molar-refractivity contribution >= 4 is 21.5 Å². The second-order valence-electron chi connectivity index (χ2n) is 4.87. The van der Waals surface area contributed by atoms with Crippen molar-refractivity contribution in [3.63, 3.8) is 0 Å². The number of nitriles is 1. The minimum Gasteiger partial charge on any atom is -0.385 e. The number of aryl methyl sites for hydroxylation is 1. The number of anilines is 2. The zero-order chi connectivity index (χ0) is 18.4. The molecule has 0 amide bonds. The predicted molar refractivity (Wildman–Crippen MR) is 97.7 cm³/mol. The van der Waals surface area contributed by atoms with Crippen molar-refractivity contribution in [1.82, 2.24) is 4.98 Å². The van der Waals surface area contributed by atoms with Gasteiger partial charge in [-0.2, -0.15) is 5.26 Å². The van der Waals surface area contributed by atoms with E-state index in [1.165, 1.54) is 6.92 Å². The number of rotatable bonds is 10. The lowest BCUT2D eigenvalue weighted by Crippen LogP contribution is -2.15. The molecular formula is C16H26N4O3S. The zero-order valence-corrected chi connectivity index (χ0v) is 15.3. The molecule has 0 saturated carbocycles. The summed E-state index contributed by atoms with van der Waals surface area (Å²) in [5.41, 5.74) is 1.05. The SMILES string of the molecule is C=CS(=O)(=O)CCNc1cc(C)cc(NCCCOC)n1.CC#N. The molecule has 8 heteroatoms. The van der Waals surface area contributed by atoms with Gasteiger partial charge < -0.3 is 15.4 Å². The van der Waals surface area contributed by atoms with E-state index in [0.717, 1.165) is 29.8 Å². The summed E-state index contributed by atoms with van der Waals surface area (Å²) < 4.78 is 27.6. The summed E-state index contributed by atoms with van der Waals surface area (Å²) in [5.74, 6) is 1.42. The lowest BCUT2D eigenvalue weighted by Gasteiger charge is -2.10. The Morgan fingerprint density at radius 1 is 1.33 bits per heavy atom. The Balaban J connectivity index is 0.00000163. The van der Waals surface area contributed by atoms with E-state index in [4.69, 9.17) is 10.00 Å². The van der Waals surface area contributed by atoms with Crippen LogP contribution in [0.2, 0.25) is 0 Å². The van der Waals surface area contributed by atoms with Gasteiger partial charge in [0.2, 0.25) is 0 Å². The molecule has 0 unspecified atom stereocenters. The first-order valence-electron chi connectivity index (χ1n) is 7.50. The van der Waals surface area contributed by atoms with Crippen molar-refractivity contribution in [2.24, 2.45) is 0 Å². The van der Waals surface area contributed by atoms with Crippen LogP contribution in [-0.4, -0.2) is 46.0 Å². The fourth-order valence-electron chi connectivity index (χ4n) is 1.69. The van der Waals surface area contributed by atoms with Crippen molar-refractivity contribution in [3.8, 4) is 6.07 Å². The topological polar surface area (TPSA) is 104 Å².